The molecule has 0 bridgehead atoms. The lowest BCUT2D eigenvalue weighted by atomic mass is 9.58. The Morgan fingerprint density at radius 2 is 1.64 bits per heavy atom. The second kappa shape index (κ2) is 9.48. The average Bonchev–Trinajstić information content (AvgIpc) is 3.12. The van der Waals surface area contributed by atoms with Crippen molar-refractivity contribution in [2.75, 3.05) is 0 Å². The van der Waals surface area contributed by atoms with Crippen molar-refractivity contribution in [2.24, 2.45) is 53.3 Å². The van der Waals surface area contributed by atoms with Crippen LogP contribution in [0.25, 0.3) is 0 Å². The lowest BCUT2D eigenvalue weighted by molar-refractivity contribution is -0.118. The topological polar surface area (TPSA) is 17.1 Å². The van der Waals surface area contributed by atoms with Crippen LogP contribution in [0.5, 0.6) is 0 Å². The monoisotopic (exact) mass is 386 g/mol. The van der Waals surface area contributed by atoms with E-state index in [1.807, 2.05) is 6.92 Å². The number of rotatable bonds is 8. The summed E-state index contributed by atoms with van der Waals surface area (Å²) in [6.07, 6.45) is 13.8. The van der Waals surface area contributed by atoms with Crippen LogP contribution in [0.3, 0.4) is 0 Å². The first-order valence-electron chi connectivity index (χ1n) is 12.5. The molecule has 2 fully saturated rings. The Morgan fingerprint density at radius 1 is 0.964 bits per heavy atom. The molecule has 3 aliphatic carbocycles. The van der Waals surface area contributed by atoms with Crippen molar-refractivity contribution in [3.05, 3.63) is 11.6 Å². The van der Waals surface area contributed by atoms with Gasteiger partial charge in [0.05, 0.1) is 0 Å². The number of fused-ring (bicyclic) bond motifs is 3. The first-order valence-corrected chi connectivity index (χ1v) is 12.5. The van der Waals surface area contributed by atoms with Crippen LogP contribution in [0.4, 0.5) is 0 Å². The minimum absolute atomic E-state index is 0.426. The number of carbonyl (C=O) groups is 1. The van der Waals surface area contributed by atoms with Crippen molar-refractivity contribution < 1.29 is 4.79 Å². The Bertz CT molecular complexity index is 559. The highest BCUT2D eigenvalue weighted by Gasteiger charge is 2.49. The van der Waals surface area contributed by atoms with Crippen molar-refractivity contribution in [2.45, 2.75) is 99.3 Å². The molecular weight excluding hydrogens is 340 g/mol. The fourth-order valence-electron chi connectivity index (χ4n) is 7.09. The molecule has 0 aromatic heterocycles. The second-order valence-corrected chi connectivity index (χ2v) is 11.1. The summed E-state index contributed by atoms with van der Waals surface area (Å²) in [6.45, 7) is 14.2. The lowest BCUT2D eigenvalue weighted by Crippen LogP contribution is -2.40. The predicted molar refractivity (Wildman–Crippen MR) is 120 cm³/mol. The SMILES string of the molecule is CCC(=O)CC1=CCC2C(CCC3C(C(C)CCC(C)C(C)C)CCC32)C1C. The van der Waals surface area contributed by atoms with Crippen LogP contribution >= 0.6 is 0 Å². The molecule has 8 unspecified atom stereocenters. The van der Waals surface area contributed by atoms with E-state index in [4.69, 9.17) is 0 Å². The van der Waals surface area contributed by atoms with E-state index < -0.39 is 0 Å². The summed E-state index contributed by atoms with van der Waals surface area (Å²) in [5.41, 5.74) is 1.47. The number of allylic oxidation sites excluding steroid dienone is 2. The molecule has 0 spiro atoms. The van der Waals surface area contributed by atoms with Gasteiger partial charge in [0.25, 0.3) is 0 Å². The van der Waals surface area contributed by atoms with Gasteiger partial charge in [0.2, 0.25) is 0 Å². The van der Waals surface area contributed by atoms with Gasteiger partial charge in [0, 0.05) is 12.8 Å². The van der Waals surface area contributed by atoms with Gasteiger partial charge in [-0.2, -0.15) is 0 Å². The Morgan fingerprint density at radius 3 is 2.32 bits per heavy atom. The number of hydrogen-bond acceptors (Lipinski definition) is 1. The molecule has 28 heavy (non-hydrogen) atoms. The van der Waals surface area contributed by atoms with E-state index in [-0.39, 0.29) is 0 Å². The largest absolute Gasteiger partial charge is 0.299 e. The Balaban J connectivity index is 1.61. The number of ketones is 1. The smallest absolute Gasteiger partial charge is 0.136 e. The van der Waals surface area contributed by atoms with Crippen LogP contribution in [-0.2, 0) is 4.79 Å². The molecule has 0 aliphatic heterocycles. The summed E-state index contributed by atoms with van der Waals surface area (Å²) in [7, 11) is 0. The molecule has 160 valence electrons. The highest BCUT2D eigenvalue weighted by Crippen LogP contribution is 2.57. The summed E-state index contributed by atoms with van der Waals surface area (Å²) >= 11 is 0. The third kappa shape index (κ3) is 4.59. The summed E-state index contributed by atoms with van der Waals surface area (Å²) < 4.78 is 0. The van der Waals surface area contributed by atoms with Gasteiger partial charge >= 0.3 is 0 Å². The van der Waals surface area contributed by atoms with Gasteiger partial charge in [0.15, 0.2) is 0 Å². The Kier molecular flexibility index (Phi) is 7.48. The molecular formula is C27H46O. The van der Waals surface area contributed by atoms with E-state index in [9.17, 15) is 4.79 Å². The zero-order valence-corrected chi connectivity index (χ0v) is 19.5. The Labute approximate surface area is 175 Å². The Hall–Kier alpha value is -0.590. The van der Waals surface area contributed by atoms with Crippen LogP contribution in [-0.4, -0.2) is 5.78 Å². The minimum atomic E-state index is 0.426. The van der Waals surface area contributed by atoms with Crippen molar-refractivity contribution >= 4 is 5.78 Å². The van der Waals surface area contributed by atoms with Gasteiger partial charge in [-0.1, -0.05) is 66.0 Å². The van der Waals surface area contributed by atoms with Gasteiger partial charge < -0.3 is 0 Å². The zero-order valence-electron chi connectivity index (χ0n) is 19.5. The van der Waals surface area contributed by atoms with E-state index in [0.717, 1.165) is 53.8 Å². The lowest BCUT2D eigenvalue weighted by Gasteiger charge is -2.47. The van der Waals surface area contributed by atoms with Gasteiger partial charge in [0.1, 0.15) is 5.78 Å². The highest BCUT2D eigenvalue weighted by atomic mass is 16.1. The van der Waals surface area contributed by atoms with E-state index in [2.05, 4.69) is 40.7 Å². The molecule has 0 aromatic carbocycles. The molecule has 3 rings (SSSR count). The van der Waals surface area contributed by atoms with Gasteiger partial charge in [-0.3, -0.25) is 4.79 Å². The van der Waals surface area contributed by atoms with E-state index in [0.29, 0.717) is 18.1 Å². The van der Waals surface area contributed by atoms with Crippen LogP contribution in [0.15, 0.2) is 11.6 Å². The number of hydrogen-bond donors (Lipinski definition) is 0. The van der Waals surface area contributed by atoms with Crippen LogP contribution in [0, 0.1) is 53.3 Å². The van der Waals surface area contributed by atoms with Crippen LogP contribution in [0.2, 0.25) is 0 Å². The maximum atomic E-state index is 12.0. The van der Waals surface area contributed by atoms with E-state index in [1.165, 1.54) is 50.5 Å². The minimum Gasteiger partial charge on any atom is -0.299 e. The standard InChI is InChI=1S/C27H46O/c1-7-22(28)16-21-10-11-26-24(20(21)6)13-15-25-23(12-14-27(25)26)19(5)9-8-18(4)17(2)3/h10,17-20,23-27H,7-9,11-16H2,1-6H3. The maximum Gasteiger partial charge on any atom is 0.136 e. The molecule has 0 radical (unpaired) electrons. The summed E-state index contributed by atoms with van der Waals surface area (Å²) in [5, 5.41) is 0. The van der Waals surface area contributed by atoms with E-state index >= 15 is 0 Å². The highest BCUT2D eigenvalue weighted by molar-refractivity contribution is 5.80. The van der Waals surface area contributed by atoms with Crippen molar-refractivity contribution in [1.82, 2.24) is 0 Å². The fourth-order valence-corrected chi connectivity index (χ4v) is 7.09. The van der Waals surface area contributed by atoms with Gasteiger partial charge in [-0.25, -0.2) is 0 Å². The number of carbonyl (C=O) groups excluding carboxylic acids is 1. The first kappa shape index (κ1) is 22.1. The number of Topliss-reactive ketones (excluding diaryl/α,β-unsaturated/α-hetero) is 1. The van der Waals surface area contributed by atoms with Crippen LogP contribution < -0.4 is 0 Å². The molecule has 0 saturated heterocycles. The molecule has 0 amide bonds. The third-order valence-corrected chi connectivity index (χ3v) is 9.49. The van der Waals surface area contributed by atoms with Crippen molar-refractivity contribution in [3.8, 4) is 0 Å². The fraction of sp³-hybridized carbons (Fsp3) is 0.889. The molecule has 1 heteroatoms. The molecule has 8 atom stereocenters. The zero-order chi connectivity index (χ0) is 20.4. The van der Waals surface area contributed by atoms with Crippen molar-refractivity contribution in [1.29, 1.82) is 0 Å². The van der Waals surface area contributed by atoms with E-state index in [1.54, 1.807) is 0 Å². The predicted octanol–water partition coefficient (Wildman–Crippen LogP) is 7.70. The molecule has 2 saturated carbocycles. The normalized spacial score (nSPS) is 37.2. The van der Waals surface area contributed by atoms with Gasteiger partial charge in [-0.05, 0) is 85.4 Å². The molecule has 1 nitrogen and oxygen atoms in total. The maximum absolute atomic E-state index is 12.0. The molecule has 3 aliphatic rings. The van der Waals surface area contributed by atoms with Crippen molar-refractivity contribution in [3.63, 3.8) is 0 Å². The summed E-state index contributed by atoms with van der Waals surface area (Å²) in [5.74, 6) is 8.35. The summed E-state index contributed by atoms with van der Waals surface area (Å²) in [4.78, 5) is 12.0. The summed E-state index contributed by atoms with van der Waals surface area (Å²) in [6, 6.07) is 0. The quantitative estimate of drug-likeness (QED) is 0.391. The second-order valence-electron chi connectivity index (χ2n) is 11.1. The molecule has 0 N–H and O–H groups in total. The average molecular weight is 387 g/mol. The van der Waals surface area contributed by atoms with Crippen LogP contribution in [0.1, 0.15) is 99.3 Å². The van der Waals surface area contributed by atoms with Gasteiger partial charge in [-0.15, -0.1) is 0 Å². The molecule has 0 heterocycles. The third-order valence-electron chi connectivity index (χ3n) is 9.49. The first-order chi connectivity index (χ1) is 13.3. The molecule has 0 aromatic rings.